The van der Waals surface area contributed by atoms with E-state index >= 15 is 0 Å². The summed E-state index contributed by atoms with van der Waals surface area (Å²) in [6.07, 6.45) is 4.13. The topological polar surface area (TPSA) is 70.6 Å². The molecule has 1 aromatic rings. The molecule has 0 aliphatic heterocycles. The fraction of sp³-hybridized carbons (Fsp3) is 0.562. The van der Waals surface area contributed by atoms with Gasteiger partial charge in [0.1, 0.15) is 5.75 Å². The number of ether oxygens (including phenoxy) is 1. The number of hydrogen-bond donors (Lipinski definition) is 3. The Kier molecular flexibility index (Phi) is 5.44. The molecule has 3 N–H and O–H groups in total. The molecule has 1 aliphatic rings. The largest absolute Gasteiger partial charge is 0.496 e. The fourth-order valence-corrected chi connectivity index (χ4v) is 2.91. The Morgan fingerprint density at radius 3 is 2.81 bits per heavy atom. The predicted molar refractivity (Wildman–Crippen MR) is 82.7 cm³/mol. The monoisotopic (exact) mass is 292 g/mol. The van der Waals surface area contributed by atoms with Gasteiger partial charge in [-0.15, -0.1) is 0 Å². The van der Waals surface area contributed by atoms with Crippen LogP contribution in [0.3, 0.4) is 0 Å². The molecule has 0 radical (unpaired) electrons. The Bertz CT molecular complexity index is 490. The zero-order valence-electron chi connectivity index (χ0n) is 12.7. The first-order chi connectivity index (χ1) is 10.1. The van der Waals surface area contributed by atoms with Gasteiger partial charge >= 0.3 is 6.03 Å². The van der Waals surface area contributed by atoms with Gasteiger partial charge in [-0.25, -0.2) is 4.79 Å². The Morgan fingerprint density at radius 2 is 2.14 bits per heavy atom. The second-order valence-corrected chi connectivity index (χ2v) is 5.62. The zero-order valence-corrected chi connectivity index (χ0v) is 12.7. The van der Waals surface area contributed by atoms with Crippen LogP contribution in [0.15, 0.2) is 18.2 Å². The van der Waals surface area contributed by atoms with Crippen molar-refractivity contribution in [1.29, 1.82) is 0 Å². The first kappa shape index (κ1) is 15.6. The molecule has 0 spiro atoms. The fourth-order valence-electron chi connectivity index (χ4n) is 2.91. The minimum absolute atomic E-state index is 0.0584. The van der Waals surface area contributed by atoms with E-state index in [4.69, 9.17) is 4.74 Å². The van der Waals surface area contributed by atoms with Gasteiger partial charge in [0.15, 0.2) is 0 Å². The van der Waals surface area contributed by atoms with Gasteiger partial charge in [0.25, 0.3) is 0 Å². The highest BCUT2D eigenvalue weighted by Gasteiger charge is 2.25. The summed E-state index contributed by atoms with van der Waals surface area (Å²) in [7, 11) is 1.63. The van der Waals surface area contributed by atoms with Crippen molar-refractivity contribution in [3.63, 3.8) is 0 Å². The van der Waals surface area contributed by atoms with E-state index < -0.39 is 0 Å². The minimum Gasteiger partial charge on any atom is -0.496 e. The van der Waals surface area contributed by atoms with Crippen molar-refractivity contribution < 1.29 is 14.6 Å². The number of rotatable bonds is 4. The van der Waals surface area contributed by atoms with E-state index in [0.717, 1.165) is 42.7 Å². The second-order valence-electron chi connectivity index (χ2n) is 5.62. The second kappa shape index (κ2) is 7.31. The Hall–Kier alpha value is -1.75. The summed E-state index contributed by atoms with van der Waals surface area (Å²) in [5.41, 5.74) is 1.71. The number of benzene rings is 1. The highest BCUT2D eigenvalue weighted by molar-refractivity contribution is 5.89. The average molecular weight is 292 g/mol. The molecule has 1 aromatic carbocycles. The number of aliphatic hydroxyl groups excluding tert-OH is 1. The third-order valence-electron chi connectivity index (χ3n) is 4.11. The molecule has 0 heterocycles. The summed E-state index contributed by atoms with van der Waals surface area (Å²) in [6.45, 7) is 2.07. The third kappa shape index (κ3) is 4.11. The maximum atomic E-state index is 12.1. The number of urea groups is 1. The van der Waals surface area contributed by atoms with Crippen LogP contribution in [-0.4, -0.2) is 30.9 Å². The van der Waals surface area contributed by atoms with Gasteiger partial charge in [0, 0.05) is 24.3 Å². The summed E-state index contributed by atoms with van der Waals surface area (Å²) >= 11 is 0. The molecule has 0 unspecified atom stereocenters. The number of nitrogens with one attached hydrogen (secondary N) is 2. The molecule has 1 saturated carbocycles. The molecule has 1 fully saturated rings. The SMILES string of the molecule is COc1ccc(NC(=O)N[C@H]2CCCC[C@@H]2CO)cc1C. The van der Waals surface area contributed by atoms with Crippen molar-refractivity contribution in [3.05, 3.63) is 23.8 Å². The molecule has 2 atom stereocenters. The first-order valence-electron chi connectivity index (χ1n) is 7.47. The molecule has 0 bridgehead atoms. The Labute approximate surface area is 125 Å². The van der Waals surface area contributed by atoms with Gasteiger partial charge in [-0.1, -0.05) is 12.8 Å². The number of anilines is 1. The van der Waals surface area contributed by atoms with E-state index in [1.165, 1.54) is 0 Å². The molecule has 0 saturated heterocycles. The summed E-state index contributed by atoms with van der Waals surface area (Å²) in [5.74, 6) is 0.968. The quantitative estimate of drug-likeness (QED) is 0.799. The van der Waals surface area contributed by atoms with Crippen LogP contribution in [0.5, 0.6) is 5.75 Å². The average Bonchev–Trinajstić information content (AvgIpc) is 2.48. The number of carbonyl (C=O) groups is 1. The molecule has 1 aliphatic carbocycles. The van der Waals surface area contributed by atoms with Crippen molar-refractivity contribution in [2.24, 2.45) is 5.92 Å². The molecule has 2 rings (SSSR count). The zero-order chi connectivity index (χ0) is 15.2. The predicted octanol–water partition coefficient (Wildman–Crippen LogP) is 2.68. The highest BCUT2D eigenvalue weighted by Crippen LogP contribution is 2.24. The lowest BCUT2D eigenvalue weighted by Crippen LogP contribution is -2.45. The Balaban J connectivity index is 1.93. The van der Waals surface area contributed by atoms with Gasteiger partial charge in [0.2, 0.25) is 0 Å². The molecule has 0 aromatic heterocycles. The standard InChI is InChI=1S/C16H24N2O3/c1-11-9-13(7-8-15(11)21-2)17-16(20)18-14-6-4-3-5-12(14)10-19/h7-9,12,14,19H,3-6,10H2,1-2H3,(H2,17,18,20)/t12-,14+/m1/s1. The summed E-state index contributed by atoms with van der Waals surface area (Å²) < 4.78 is 5.20. The molecular weight excluding hydrogens is 268 g/mol. The minimum atomic E-state index is -0.218. The van der Waals surface area contributed by atoms with E-state index in [9.17, 15) is 9.90 Å². The summed E-state index contributed by atoms with van der Waals surface area (Å²) in [6, 6.07) is 5.37. The molecule has 116 valence electrons. The molecular formula is C16H24N2O3. The van der Waals surface area contributed by atoms with E-state index in [-0.39, 0.29) is 24.6 Å². The highest BCUT2D eigenvalue weighted by atomic mass is 16.5. The van der Waals surface area contributed by atoms with Gasteiger partial charge in [-0.2, -0.15) is 0 Å². The lowest BCUT2D eigenvalue weighted by Gasteiger charge is -2.30. The van der Waals surface area contributed by atoms with Crippen LogP contribution < -0.4 is 15.4 Å². The third-order valence-corrected chi connectivity index (χ3v) is 4.11. The maximum Gasteiger partial charge on any atom is 0.319 e. The van der Waals surface area contributed by atoms with Gasteiger partial charge in [-0.05, 0) is 43.5 Å². The van der Waals surface area contributed by atoms with Crippen molar-refractivity contribution in [2.75, 3.05) is 19.0 Å². The number of carbonyl (C=O) groups excluding carboxylic acids is 1. The molecule has 2 amide bonds. The number of aliphatic hydroxyl groups is 1. The normalized spacial score (nSPS) is 21.7. The number of hydrogen-bond acceptors (Lipinski definition) is 3. The summed E-state index contributed by atoms with van der Waals surface area (Å²) in [4.78, 5) is 12.1. The maximum absolute atomic E-state index is 12.1. The number of methoxy groups -OCH3 is 1. The van der Waals surface area contributed by atoms with Crippen molar-refractivity contribution >= 4 is 11.7 Å². The van der Waals surface area contributed by atoms with Gasteiger partial charge in [-0.3, -0.25) is 0 Å². The Morgan fingerprint density at radius 1 is 1.38 bits per heavy atom. The van der Waals surface area contributed by atoms with Crippen LogP contribution >= 0.6 is 0 Å². The van der Waals surface area contributed by atoms with Gasteiger partial charge < -0.3 is 20.5 Å². The smallest absolute Gasteiger partial charge is 0.319 e. The van der Waals surface area contributed by atoms with Crippen molar-refractivity contribution in [3.8, 4) is 5.75 Å². The van der Waals surface area contributed by atoms with Crippen LogP contribution in [0.1, 0.15) is 31.2 Å². The van der Waals surface area contributed by atoms with Crippen LogP contribution in [0.25, 0.3) is 0 Å². The van der Waals surface area contributed by atoms with E-state index in [1.807, 2.05) is 25.1 Å². The van der Waals surface area contributed by atoms with E-state index in [0.29, 0.717) is 0 Å². The lowest BCUT2D eigenvalue weighted by atomic mass is 9.85. The molecule has 5 heteroatoms. The molecule has 21 heavy (non-hydrogen) atoms. The van der Waals surface area contributed by atoms with E-state index in [2.05, 4.69) is 10.6 Å². The first-order valence-corrected chi connectivity index (χ1v) is 7.47. The van der Waals surface area contributed by atoms with Crippen LogP contribution in [0, 0.1) is 12.8 Å². The van der Waals surface area contributed by atoms with Gasteiger partial charge in [0.05, 0.1) is 7.11 Å². The lowest BCUT2D eigenvalue weighted by molar-refractivity contribution is 0.156. The number of amides is 2. The summed E-state index contributed by atoms with van der Waals surface area (Å²) in [5, 5.41) is 15.2. The van der Waals surface area contributed by atoms with Crippen LogP contribution in [0.2, 0.25) is 0 Å². The molecule has 5 nitrogen and oxygen atoms in total. The van der Waals surface area contributed by atoms with E-state index in [1.54, 1.807) is 7.11 Å². The number of aryl methyl sites for hydroxylation is 1. The van der Waals surface area contributed by atoms with Crippen LogP contribution in [0.4, 0.5) is 10.5 Å². The van der Waals surface area contributed by atoms with Crippen LogP contribution in [-0.2, 0) is 0 Å². The van der Waals surface area contributed by atoms with Crippen molar-refractivity contribution in [1.82, 2.24) is 5.32 Å². The van der Waals surface area contributed by atoms with Crippen molar-refractivity contribution in [2.45, 2.75) is 38.6 Å².